The maximum absolute atomic E-state index is 15.8. The van der Waals surface area contributed by atoms with Crippen molar-refractivity contribution in [3.63, 3.8) is 0 Å². The summed E-state index contributed by atoms with van der Waals surface area (Å²) in [7, 11) is -4.37. The third-order valence-corrected chi connectivity index (χ3v) is 7.95. The highest BCUT2D eigenvalue weighted by molar-refractivity contribution is 7.52. The number of aromatic nitrogens is 2. The average molecular weight is 558 g/mol. The Bertz CT molecular complexity index is 1310. The molecule has 1 aromatic heterocycles. The molecule has 7 atom stereocenters. The number of nitrogen functional groups attached to an aromatic ring is 1. The Morgan fingerprint density at radius 1 is 1.34 bits per heavy atom. The van der Waals surface area contributed by atoms with E-state index in [1.807, 2.05) is 0 Å². The smallest absolute Gasteiger partial charge is 0.459 e. The summed E-state index contributed by atoms with van der Waals surface area (Å²) >= 11 is 0. The zero-order valence-corrected chi connectivity index (χ0v) is 21.9. The van der Waals surface area contributed by atoms with Gasteiger partial charge in [-0.3, -0.25) is 13.9 Å². The summed E-state index contributed by atoms with van der Waals surface area (Å²) < 4.78 is 66.2. The quantitative estimate of drug-likeness (QED) is 0.289. The highest BCUT2D eigenvalue weighted by Crippen LogP contribution is 2.66. The molecular weight excluding hydrogens is 529 g/mol. The van der Waals surface area contributed by atoms with Crippen LogP contribution in [0.15, 0.2) is 41.3 Å². The van der Waals surface area contributed by atoms with E-state index in [0.29, 0.717) is 10.8 Å². The summed E-state index contributed by atoms with van der Waals surface area (Å²) in [6, 6.07) is 6.79. The average Bonchev–Trinajstić information content (AvgIpc) is 3.33. The number of hydrogen-bond donors (Lipinski definition) is 3. The number of anilines is 1. The minimum Gasteiger partial charge on any atom is -0.462 e. The number of hydrogen-bond acceptors (Lipinski definition) is 10. The Hall–Kier alpha value is -2.90. The maximum atomic E-state index is 15.8. The first kappa shape index (κ1) is 28.1. The predicted molar refractivity (Wildman–Crippen MR) is 129 cm³/mol. The molecule has 4 rings (SSSR count). The normalized spacial score (nSPS) is 30.4. The molecule has 0 bridgehead atoms. The Kier molecular flexibility index (Phi) is 7.40. The van der Waals surface area contributed by atoms with Crippen molar-refractivity contribution in [1.29, 1.82) is 0 Å². The Labute approximate surface area is 216 Å². The number of carbonyl (C=O) groups is 1. The largest absolute Gasteiger partial charge is 0.462 e. The van der Waals surface area contributed by atoms with E-state index in [-0.39, 0.29) is 5.75 Å². The summed E-state index contributed by atoms with van der Waals surface area (Å²) in [5, 5.41) is 13.0. The van der Waals surface area contributed by atoms with Crippen molar-refractivity contribution in [2.75, 3.05) is 12.3 Å². The number of nitrogens with two attached hydrogens (primary N) is 1. The van der Waals surface area contributed by atoms with Gasteiger partial charge >= 0.3 is 19.4 Å². The van der Waals surface area contributed by atoms with E-state index in [2.05, 4.69) is 10.1 Å². The molecular formula is C23H29F2N4O8P. The van der Waals surface area contributed by atoms with Crippen LogP contribution in [0.5, 0.6) is 5.75 Å². The monoisotopic (exact) mass is 558 g/mol. The fourth-order valence-electron chi connectivity index (χ4n) is 4.49. The van der Waals surface area contributed by atoms with E-state index in [1.165, 1.54) is 19.1 Å². The number of benzene rings is 1. The summed E-state index contributed by atoms with van der Waals surface area (Å²) in [6.45, 7) is 5.08. The number of para-hydroxylation sites is 1. The zero-order chi connectivity index (χ0) is 28.0. The van der Waals surface area contributed by atoms with Crippen molar-refractivity contribution in [1.82, 2.24) is 14.6 Å². The number of halogens is 2. The summed E-state index contributed by atoms with van der Waals surface area (Å²) in [4.78, 5) is 27.9. The molecule has 1 aliphatic carbocycles. The molecule has 1 aliphatic heterocycles. The first-order valence-corrected chi connectivity index (χ1v) is 13.3. The molecule has 2 aromatic rings. The molecule has 3 unspecified atom stereocenters. The van der Waals surface area contributed by atoms with Gasteiger partial charge in [-0.05, 0) is 39.8 Å². The van der Waals surface area contributed by atoms with Crippen molar-refractivity contribution in [2.24, 2.45) is 5.92 Å². The number of aliphatic hydroxyl groups is 1. The lowest BCUT2D eigenvalue weighted by Crippen LogP contribution is -2.41. The first-order chi connectivity index (χ1) is 17.7. The second-order valence-corrected chi connectivity index (χ2v) is 11.4. The number of esters is 1. The van der Waals surface area contributed by atoms with Crippen LogP contribution in [0.3, 0.4) is 0 Å². The van der Waals surface area contributed by atoms with E-state index < -0.39 is 79.3 Å². The molecule has 208 valence electrons. The Balaban J connectivity index is 1.58. The van der Waals surface area contributed by atoms with Crippen LogP contribution in [0, 0.1) is 11.7 Å². The van der Waals surface area contributed by atoms with Crippen LogP contribution >= 0.6 is 7.75 Å². The van der Waals surface area contributed by atoms with Gasteiger partial charge in [0.25, 0.3) is 0 Å². The fourth-order valence-corrected chi connectivity index (χ4v) is 6.02. The van der Waals surface area contributed by atoms with Gasteiger partial charge < -0.3 is 24.8 Å². The van der Waals surface area contributed by atoms with Crippen molar-refractivity contribution >= 4 is 19.5 Å². The van der Waals surface area contributed by atoms with Gasteiger partial charge in [0.1, 0.15) is 17.4 Å². The second kappa shape index (κ2) is 10.0. The van der Waals surface area contributed by atoms with Crippen molar-refractivity contribution < 1.29 is 41.8 Å². The second-order valence-electron chi connectivity index (χ2n) is 9.67. The van der Waals surface area contributed by atoms with Gasteiger partial charge in [0.2, 0.25) is 0 Å². The summed E-state index contributed by atoms with van der Waals surface area (Å²) in [6.07, 6.45) is -2.89. The highest BCUT2D eigenvalue weighted by atomic mass is 31.2. The minimum absolute atomic E-state index is 0.133. The van der Waals surface area contributed by atoms with Crippen molar-refractivity contribution in [2.45, 2.75) is 63.4 Å². The number of fused-ring (bicyclic) bond motifs is 1. The van der Waals surface area contributed by atoms with Gasteiger partial charge in [0, 0.05) is 0 Å². The first-order valence-electron chi connectivity index (χ1n) is 11.8. The van der Waals surface area contributed by atoms with E-state index in [1.54, 1.807) is 32.0 Å². The third kappa shape index (κ3) is 5.19. The van der Waals surface area contributed by atoms with E-state index in [4.69, 9.17) is 24.3 Å². The number of alkyl halides is 1. The maximum Gasteiger partial charge on any atom is 0.459 e. The number of carbonyl (C=O) groups excluding carboxylic acids is 1. The SMILES string of the molecule is CC(C)OC(=O)[C@H](C)N[P@](=O)(OCC12O[C@@H](n3cc(F)c(N)nc3=O)C(C)(F)C1[C@H]2O)Oc1ccccc1. The Morgan fingerprint density at radius 3 is 2.63 bits per heavy atom. The topological polar surface area (TPSA) is 164 Å². The van der Waals surface area contributed by atoms with Gasteiger partial charge in [0.05, 0.1) is 30.9 Å². The van der Waals surface area contributed by atoms with Crippen LogP contribution in [0.25, 0.3) is 0 Å². The number of nitrogens with one attached hydrogen (secondary N) is 1. The molecule has 12 nitrogen and oxygen atoms in total. The molecule has 38 heavy (non-hydrogen) atoms. The lowest BCUT2D eigenvalue weighted by Gasteiger charge is -2.29. The molecule has 0 spiro atoms. The molecule has 1 saturated heterocycles. The molecule has 0 radical (unpaired) electrons. The minimum atomic E-state index is -4.37. The van der Waals surface area contributed by atoms with Gasteiger partial charge in [-0.15, -0.1) is 0 Å². The molecule has 2 fully saturated rings. The number of rotatable bonds is 10. The third-order valence-electron chi connectivity index (χ3n) is 6.33. The standard InChI is InChI=1S/C23H29F2N4O8P/c1-12(2)35-19(31)13(3)28-38(33,37-14-8-6-5-7-9-14)34-11-23-16(17(23)30)22(4,25)20(36-23)29-10-15(24)18(26)27-21(29)32/h5-10,12-13,16-17,20,30H,11H2,1-4H3,(H,28,33)(H2,26,27,32)/t13-,16?,17+,20+,22?,23?,38-/m0/s1. The van der Waals surface area contributed by atoms with Gasteiger partial charge in [-0.2, -0.15) is 10.1 Å². The van der Waals surface area contributed by atoms with Gasteiger partial charge in [-0.1, -0.05) is 18.2 Å². The van der Waals surface area contributed by atoms with Gasteiger partial charge in [-0.25, -0.2) is 18.1 Å². The van der Waals surface area contributed by atoms with Crippen LogP contribution in [-0.4, -0.2) is 56.8 Å². The Morgan fingerprint density at radius 2 is 2.00 bits per heavy atom. The van der Waals surface area contributed by atoms with E-state index in [9.17, 15) is 23.7 Å². The molecule has 2 heterocycles. The van der Waals surface area contributed by atoms with Crippen molar-refractivity contribution in [3.8, 4) is 5.75 Å². The number of ether oxygens (including phenoxy) is 2. The lowest BCUT2D eigenvalue weighted by atomic mass is 10.0. The van der Waals surface area contributed by atoms with Crippen LogP contribution in [0.4, 0.5) is 14.6 Å². The molecule has 2 aliphatic rings. The van der Waals surface area contributed by atoms with Crippen molar-refractivity contribution in [3.05, 3.63) is 52.8 Å². The predicted octanol–water partition coefficient (Wildman–Crippen LogP) is 2.08. The highest BCUT2D eigenvalue weighted by Gasteiger charge is 2.81. The summed E-state index contributed by atoms with van der Waals surface area (Å²) in [5.74, 6) is -3.56. The lowest BCUT2D eigenvalue weighted by molar-refractivity contribution is -0.149. The molecule has 0 amide bonds. The van der Waals surface area contributed by atoms with E-state index in [0.717, 1.165) is 6.92 Å². The van der Waals surface area contributed by atoms with Crippen LogP contribution < -0.4 is 21.0 Å². The molecule has 4 N–H and O–H groups in total. The number of nitrogens with zero attached hydrogens (tertiary/aromatic N) is 2. The van der Waals surface area contributed by atoms with Crippen LogP contribution in [-0.2, 0) is 23.4 Å². The molecule has 15 heteroatoms. The van der Waals surface area contributed by atoms with Crippen LogP contribution in [0.1, 0.15) is 33.9 Å². The molecule has 1 saturated carbocycles. The van der Waals surface area contributed by atoms with E-state index >= 15 is 4.39 Å². The zero-order valence-electron chi connectivity index (χ0n) is 21.0. The van der Waals surface area contributed by atoms with Gasteiger partial charge in [0.15, 0.2) is 23.5 Å². The molecule has 1 aromatic carbocycles. The number of aliphatic hydroxyl groups excluding tert-OH is 1. The fraction of sp³-hybridized carbons (Fsp3) is 0.522. The summed E-state index contributed by atoms with van der Waals surface area (Å²) in [5.41, 5.74) is 0.0943. The van der Waals surface area contributed by atoms with Crippen LogP contribution in [0.2, 0.25) is 0 Å².